The van der Waals surface area contributed by atoms with Crippen molar-refractivity contribution in [3.05, 3.63) is 28.2 Å². The molecule has 1 aliphatic heterocycles. The molecule has 0 bridgehead atoms. The molecular weight excluding hydrogens is 314 g/mol. The molecule has 0 aliphatic carbocycles. The molecule has 1 unspecified atom stereocenters. The molecule has 0 radical (unpaired) electrons. The summed E-state index contributed by atoms with van der Waals surface area (Å²) in [6, 6.07) is 5.91. The lowest BCUT2D eigenvalue weighted by Crippen LogP contribution is -2.40. The maximum atomic E-state index is 10.2. The Morgan fingerprint density at radius 1 is 1.56 bits per heavy atom. The molecule has 5 heteroatoms. The van der Waals surface area contributed by atoms with Crippen LogP contribution in [-0.2, 0) is 6.54 Å². The number of methoxy groups -OCH3 is 1. The van der Waals surface area contributed by atoms with E-state index in [1.165, 1.54) is 0 Å². The molecule has 0 amide bonds. The highest BCUT2D eigenvalue weighted by molar-refractivity contribution is 9.10. The zero-order chi connectivity index (χ0) is 13.0. The van der Waals surface area contributed by atoms with Crippen molar-refractivity contribution in [3.63, 3.8) is 0 Å². The van der Waals surface area contributed by atoms with Crippen molar-refractivity contribution < 1.29 is 9.84 Å². The number of halogens is 1. The molecular formula is C13H18BrNO2S. The van der Waals surface area contributed by atoms with Crippen LogP contribution in [-0.4, -0.2) is 35.9 Å². The number of benzene rings is 1. The third kappa shape index (κ3) is 3.63. The second-order valence-corrected chi connectivity index (χ2v) is 6.55. The third-order valence-electron chi connectivity index (χ3n) is 3.10. The fourth-order valence-corrected chi connectivity index (χ4v) is 3.66. The molecule has 1 fully saturated rings. The van der Waals surface area contributed by atoms with Crippen molar-refractivity contribution >= 4 is 27.7 Å². The van der Waals surface area contributed by atoms with Gasteiger partial charge in [-0.1, -0.05) is 15.9 Å². The van der Waals surface area contributed by atoms with Crippen molar-refractivity contribution in [2.45, 2.75) is 18.6 Å². The lowest BCUT2D eigenvalue weighted by atomic mass is 10.0. The van der Waals surface area contributed by atoms with Crippen LogP contribution in [0.2, 0.25) is 0 Å². The highest BCUT2D eigenvalue weighted by Gasteiger charge is 2.30. The number of hydrogen-bond donors (Lipinski definition) is 2. The van der Waals surface area contributed by atoms with Gasteiger partial charge in [-0.05, 0) is 35.9 Å². The number of ether oxygens (including phenoxy) is 1. The third-order valence-corrected chi connectivity index (χ3v) is 5.11. The van der Waals surface area contributed by atoms with E-state index >= 15 is 0 Å². The normalized spacial score (nSPS) is 23.3. The molecule has 0 saturated carbocycles. The Kier molecular flexibility index (Phi) is 4.95. The Bertz CT molecular complexity index is 408. The summed E-state index contributed by atoms with van der Waals surface area (Å²) in [7, 11) is 1.67. The van der Waals surface area contributed by atoms with Crippen molar-refractivity contribution in [3.8, 4) is 5.75 Å². The maximum Gasteiger partial charge on any atom is 0.119 e. The zero-order valence-corrected chi connectivity index (χ0v) is 12.8. The van der Waals surface area contributed by atoms with Gasteiger partial charge < -0.3 is 15.2 Å². The molecule has 2 rings (SSSR count). The van der Waals surface area contributed by atoms with Crippen molar-refractivity contribution in [1.29, 1.82) is 0 Å². The Morgan fingerprint density at radius 2 is 2.39 bits per heavy atom. The fraction of sp³-hybridized carbons (Fsp3) is 0.538. The van der Waals surface area contributed by atoms with Gasteiger partial charge in [-0.25, -0.2) is 0 Å². The number of rotatable bonds is 5. The largest absolute Gasteiger partial charge is 0.497 e. The highest BCUT2D eigenvalue weighted by Crippen LogP contribution is 2.27. The van der Waals surface area contributed by atoms with Crippen LogP contribution < -0.4 is 10.1 Å². The first kappa shape index (κ1) is 14.2. The molecule has 1 heterocycles. The van der Waals surface area contributed by atoms with Crippen LogP contribution in [0.5, 0.6) is 5.75 Å². The molecule has 1 saturated heterocycles. The molecule has 18 heavy (non-hydrogen) atoms. The molecule has 100 valence electrons. The quantitative estimate of drug-likeness (QED) is 0.869. The Labute approximate surface area is 120 Å². The van der Waals surface area contributed by atoms with Crippen LogP contribution in [0.4, 0.5) is 0 Å². The van der Waals surface area contributed by atoms with Gasteiger partial charge in [0.25, 0.3) is 0 Å². The number of nitrogens with one attached hydrogen (secondary N) is 1. The van der Waals surface area contributed by atoms with E-state index in [1.54, 1.807) is 7.11 Å². The first-order valence-corrected chi connectivity index (χ1v) is 7.91. The lowest BCUT2D eigenvalue weighted by Gasteiger charge is -2.21. The van der Waals surface area contributed by atoms with Gasteiger partial charge >= 0.3 is 0 Å². The molecule has 0 aromatic heterocycles. The Hall–Kier alpha value is -0.230. The fourth-order valence-electron chi connectivity index (χ4n) is 1.98. The average Bonchev–Trinajstić information content (AvgIpc) is 2.79. The SMILES string of the molecule is COc1ccc(Br)c(CNCC2(O)CCSC2)c1. The molecule has 3 nitrogen and oxygen atoms in total. The maximum absolute atomic E-state index is 10.2. The van der Waals surface area contributed by atoms with Gasteiger partial charge in [0.05, 0.1) is 12.7 Å². The molecule has 2 N–H and O–H groups in total. The van der Waals surface area contributed by atoms with Crippen LogP contribution in [0.3, 0.4) is 0 Å². The molecule has 1 atom stereocenters. The summed E-state index contributed by atoms with van der Waals surface area (Å²) in [5, 5.41) is 13.5. The smallest absolute Gasteiger partial charge is 0.119 e. The van der Waals surface area contributed by atoms with E-state index in [-0.39, 0.29) is 0 Å². The van der Waals surface area contributed by atoms with Crippen LogP contribution in [0.25, 0.3) is 0 Å². The molecule has 1 aromatic rings. The van der Waals surface area contributed by atoms with Crippen LogP contribution in [0.1, 0.15) is 12.0 Å². The first-order chi connectivity index (χ1) is 8.63. The predicted molar refractivity (Wildman–Crippen MR) is 79.3 cm³/mol. The molecule has 1 aliphatic rings. The minimum atomic E-state index is -0.532. The summed E-state index contributed by atoms with van der Waals surface area (Å²) in [6.45, 7) is 1.37. The summed E-state index contributed by atoms with van der Waals surface area (Å²) < 4.78 is 6.27. The van der Waals surface area contributed by atoms with Gasteiger partial charge in [0.15, 0.2) is 0 Å². The van der Waals surface area contributed by atoms with E-state index in [9.17, 15) is 5.11 Å². The van der Waals surface area contributed by atoms with Crippen LogP contribution in [0, 0.1) is 0 Å². The van der Waals surface area contributed by atoms with E-state index in [2.05, 4.69) is 21.2 Å². The van der Waals surface area contributed by atoms with E-state index in [0.29, 0.717) is 6.54 Å². The van der Waals surface area contributed by atoms with Crippen molar-refractivity contribution in [2.24, 2.45) is 0 Å². The first-order valence-electron chi connectivity index (χ1n) is 5.96. The standard InChI is InChI=1S/C13H18BrNO2S/c1-17-11-2-3-12(14)10(6-11)7-15-8-13(16)4-5-18-9-13/h2-3,6,15-16H,4-5,7-9H2,1H3. The molecule has 1 aromatic carbocycles. The summed E-state index contributed by atoms with van der Waals surface area (Å²) >= 11 is 5.34. The Morgan fingerprint density at radius 3 is 3.06 bits per heavy atom. The Balaban J connectivity index is 1.89. The van der Waals surface area contributed by atoms with E-state index in [4.69, 9.17) is 4.74 Å². The van der Waals surface area contributed by atoms with Gasteiger partial charge in [0.1, 0.15) is 5.75 Å². The zero-order valence-electron chi connectivity index (χ0n) is 10.4. The van der Waals surface area contributed by atoms with Gasteiger partial charge in [-0.3, -0.25) is 0 Å². The highest BCUT2D eigenvalue weighted by atomic mass is 79.9. The second-order valence-electron chi connectivity index (χ2n) is 4.59. The van der Waals surface area contributed by atoms with Gasteiger partial charge in [-0.2, -0.15) is 11.8 Å². The second kappa shape index (κ2) is 6.28. The minimum Gasteiger partial charge on any atom is -0.497 e. The summed E-state index contributed by atoms with van der Waals surface area (Å²) in [5.41, 5.74) is 0.610. The minimum absolute atomic E-state index is 0.532. The van der Waals surface area contributed by atoms with Crippen LogP contribution >= 0.6 is 27.7 Å². The monoisotopic (exact) mass is 331 g/mol. The van der Waals surface area contributed by atoms with E-state index in [0.717, 1.165) is 40.3 Å². The van der Waals surface area contributed by atoms with Gasteiger partial charge in [0.2, 0.25) is 0 Å². The van der Waals surface area contributed by atoms with E-state index in [1.807, 2.05) is 30.0 Å². The average molecular weight is 332 g/mol. The predicted octanol–water partition coefficient (Wildman–Crippen LogP) is 2.42. The van der Waals surface area contributed by atoms with Gasteiger partial charge in [-0.15, -0.1) is 0 Å². The molecule has 0 spiro atoms. The number of hydrogen-bond acceptors (Lipinski definition) is 4. The van der Waals surface area contributed by atoms with Crippen LogP contribution in [0.15, 0.2) is 22.7 Å². The lowest BCUT2D eigenvalue weighted by molar-refractivity contribution is 0.0674. The summed E-state index contributed by atoms with van der Waals surface area (Å²) in [4.78, 5) is 0. The van der Waals surface area contributed by atoms with E-state index < -0.39 is 5.60 Å². The topological polar surface area (TPSA) is 41.5 Å². The summed E-state index contributed by atoms with van der Waals surface area (Å²) in [6.07, 6.45) is 0.879. The van der Waals surface area contributed by atoms with Crippen molar-refractivity contribution in [1.82, 2.24) is 5.32 Å². The number of thioether (sulfide) groups is 1. The van der Waals surface area contributed by atoms with Gasteiger partial charge in [0, 0.05) is 23.3 Å². The summed E-state index contributed by atoms with van der Waals surface area (Å²) in [5.74, 6) is 2.74. The van der Waals surface area contributed by atoms with Crippen molar-refractivity contribution in [2.75, 3.05) is 25.2 Å². The number of aliphatic hydroxyl groups is 1.